The van der Waals surface area contributed by atoms with E-state index in [0.717, 1.165) is 12.0 Å². The normalized spacial score (nSPS) is 26.4. The first-order valence-corrected chi connectivity index (χ1v) is 9.76. The monoisotopic (exact) mass is 443 g/mol. The van der Waals surface area contributed by atoms with Crippen LogP contribution in [-0.2, 0) is 16.5 Å². The average Bonchev–Trinajstić information content (AvgIpc) is 3.36. The van der Waals surface area contributed by atoms with E-state index < -0.39 is 17.6 Å². The third-order valence-corrected chi connectivity index (χ3v) is 5.71. The SMILES string of the molecule is O=C(Nc1cccc(C23CC2COCC(S)N3)c1)c1ncc(C(F)(F)F)cc1Cl. The summed E-state index contributed by atoms with van der Waals surface area (Å²) in [5.74, 6) is -0.369. The Morgan fingerprint density at radius 3 is 2.86 bits per heavy atom. The molecule has 4 rings (SSSR count). The highest BCUT2D eigenvalue weighted by atomic mass is 35.5. The van der Waals surface area contributed by atoms with Gasteiger partial charge < -0.3 is 10.1 Å². The van der Waals surface area contributed by atoms with Gasteiger partial charge in [-0.3, -0.25) is 10.1 Å². The molecule has 2 aromatic rings. The predicted molar refractivity (Wildman–Crippen MR) is 105 cm³/mol. The molecule has 2 N–H and O–H groups in total. The molecule has 0 spiro atoms. The Kier molecular flexibility index (Phi) is 5.27. The van der Waals surface area contributed by atoms with Crippen molar-refractivity contribution in [3.63, 3.8) is 0 Å². The highest BCUT2D eigenvalue weighted by Crippen LogP contribution is 2.53. The van der Waals surface area contributed by atoms with Crippen LogP contribution in [0.25, 0.3) is 0 Å². The van der Waals surface area contributed by atoms with Crippen LogP contribution in [0.1, 0.15) is 28.0 Å². The van der Waals surface area contributed by atoms with Crippen molar-refractivity contribution >= 4 is 35.8 Å². The summed E-state index contributed by atoms with van der Waals surface area (Å²) in [7, 11) is 0. The molecule has 154 valence electrons. The highest BCUT2D eigenvalue weighted by Gasteiger charge is 2.57. The number of fused-ring (bicyclic) bond motifs is 1. The quantitative estimate of drug-likeness (QED) is 0.625. The minimum atomic E-state index is -4.58. The molecule has 1 aromatic carbocycles. The van der Waals surface area contributed by atoms with Crippen LogP contribution >= 0.6 is 24.2 Å². The fourth-order valence-corrected chi connectivity index (χ4v) is 4.22. The zero-order valence-electron chi connectivity index (χ0n) is 15.0. The van der Waals surface area contributed by atoms with Gasteiger partial charge in [-0.2, -0.15) is 25.8 Å². The second kappa shape index (κ2) is 7.46. The molecule has 1 aliphatic heterocycles. The Bertz CT molecular complexity index is 959. The van der Waals surface area contributed by atoms with E-state index in [1.54, 1.807) is 12.1 Å². The third-order valence-electron chi connectivity index (χ3n) is 5.14. The number of hydrogen-bond acceptors (Lipinski definition) is 5. The molecule has 5 nitrogen and oxygen atoms in total. The number of hydrogen-bond donors (Lipinski definition) is 3. The van der Waals surface area contributed by atoms with Gasteiger partial charge in [-0.1, -0.05) is 23.7 Å². The van der Waals surface area contributed by atoms with Crippen molar-refractivity contribution in [2.45, 2.75) is 23.5 Å². The number of thiol groups is 1. The summed E-state index contributed by atoms with van der Waals surface area (Å²) in [4.78, 5) is 16.1. The van der Waals surface area contributed by atoms with E-state index in [-0.39, 0.29) is 21.6 Å². The number of pyridine rings is 1. The largest absolute Gasteiger partial charge is 0.417 e. The number of nitrogens with one attached hydrogen (secondary N) is 2. The summed E-state index contributed by atoms with van der Waals surface area (Å²) in [6.45, 7) is 1.14. The van der Waals surface area contributed by atoms with Gasteiger partial charge in [0.15, 0.2) is 0 Å². The summed E-state index contributed by atoms with van der Waals surface area (Å²) >= 11 is 10.3. The van der Waals surface area contributed by atoms with Crippen LogP contribution in [0.5, 0.6) is 0 Å². The van der Waals surface area contributed by atoms with Gasteiger partial charge in [0, 0.05) is 23.3 Å². The van der Waals surface area contributed by atoms with E-state index in [1.807, 2.05) is 12.1 Å². The maximum atomic E-state index is 12.7. The first-order chi connectivity index (χ1) is 13.7. The first-order valence-electron chi connectivity index (χ1n) is 8.87. The number of nitrogens with zero attached hydrogens (tertiary/aromatic N) is 1. The van der Waals surface area contributed by atoms with Crippen molar-refractivity contribution in [3.05, 3.63) is 58.4 Å². The second-order valence-corrected chi connectivity index (χ2v) is 8.19. The van der Waals surface area contributed by atoms with Crippen molar-refractivity contribution in [2.75, 3.05) is 18.5 Å². The molecule has 10 heteroatoms. The van der Waals surface area contributed by atoms with Gasteiger partial charge in [0.05, 0.1) is 29.2 Å². The second-order valence-electron chi connectivity index (χ2n) is 7.16. The Morgan fingerprint density at radius 1 is 1.34 bits per heavy atom. The van der Waals surface area contributed by atoms with Crippen LogP contribution in [0.4, 0.5) is 18.9 Å². The van der Waals surface area contributed by atoms with Crippen LogP contribution in [0, 0.1) is 5.92 Å². The van der Waals surface area contributed by atoms with Gasteiger partial charge in [0.25, 0.3) is 5.91 Å². The number of halogens is 4. The molecule has 0 radical (unpaired) electrons. The van der Waals surface area contributed by atoms with Gasteiger partial charge in [0.2, 0.25) is 0 Å². The number of carbonyl (C=O) groups excluding carboxylic acids is 1. The van der Waals surface area contributed by atoms with Gasteiger partial charge in [-0.15, -0.1) is 0 Å². The van der Waals surface area contributed by atoms with Gasteiger partial charge in [-0.25, -0.2) is 4.98 Å². The minimum absolute atomic E-state index is 0.101. The molecule has 0 bridgehead atoms. The molecule has 1 saturated carbocycles. The van der Waals surface area contributed by atoms with Crippen LogP contribution in [-0.4, -0.2) is 29.5 Å². The predicted octanol–water partition coefficient (Wildman–Crippen LogP) is 4.10. The van der Waals surface area contributed by atoms with E-state index >= 15 is 0 Å². The minimum Gasteiger partial charge on any atom is -0.379 e. The molecule has 1 amide bonds. The molecule has 29 heavy (non-hydrogen) atoms. The lowest BCUT2D eigenvalue weighted by molar-refractivity contribution is -0.137. The average molecular weight is 444 g/mol. The molecule has 3 unspecified atom stereocenters. The molecule has 1 aliphatic carbocycles. The molecule has 3 atom stereocenters. The Labute approximate surface area is 175 Å². The molecule has 2 heterocycles. The number of carbonyl (C=O) groups is 1. The number of ether oxygens (including phenoxy) is 1. The first kappa shape index (κ1) is 20.5. The maximum Gasteiger partial charge on any atom is 0.417 e. The van der Waals surface area contributed by atoms with Crippen molar-refractivity contribution in [1.82, 2.24) is 10.3 Å². The number of anilines is 1. The zero-order valence-corrected chi connectivity index (χ0v) is 16.6. The maximum absolute atomic E-state index is 12.7. The lowest BCUT2D eigenvalue weighted by Gasteiger charge is -2.22. The fourth-order valence-electron chi connectivity index (χ4n) is 3.63. The molecule has 2 fully saturated rings. The molecule has 1 aromatic heterocycles. The number of aromatic nitrogens is 1. The van der Waals surface area contributed by atoms with E-state index in [9.17, 15) is 18.0 Å². The standard InChI is InChI=1S/C19H17ClF3N3O2S/c20-14-5-11(19(21,22)23)7-24-16(14)17(27)25-13-3-1-2-10(4-13)18-6-12(18)8-28-9-15(29)26-18/h1-5,7,12,15,26,29H,6,8-9H2,(H,25,27). The molecular weight excluding hydrogens is 427 g/mol. The Morgan fingerprint density at radius 2 is 2.14 bits per heavy atom. The van der Waals surface area contributed by atoms with Crippen molar-refractivity contribution < 1.29 is 22.7 Å². The topological polar surface area (TPSA) is 63.2 Å². The lowest BCUT2D eigenvalue weighted by atomic mass is 10.0. The van der Waals surface area contributed by atoms with Crippen LogP contribution < -0.4 is 10.6 Å². The lowest BCUT2D eigenvalue weighted by Crippen LogP contribution is -2.37. The van der Waals surface area contributed by atoms with Crippen LogP contribution in [0.2, 0.25) is 5.02 Å². The molecule has 1 saturated heterocycles. The molecular formula is C19H17ClF3N3O2S. The van der Waals surface area contributed by atoms with E-state index in [4.69, 9.17) is 16.3 Å². The van der Waals surface area contributed by atoms with Crippen molar-refractivity contribution in [2.24, 2.45) is 5.92 Å². The smallest absolute Gasteiger partial charge is 0.379 e. The zero-order chi connectivity index (χ0) is 20.8. The van der Waals surface area contributed by atoms with Crippen molar-refractivity contribution in [3.8, 4) is 0 Å². The fraction of sp³-hybridized carbons (Fsp3) is 0.368. The van der Waals surface area contributed by atoms with Gasteiger partial charge in [0.1, 0.15) is 5.69 Å². The summed E-state index contributed by atoms with van der Waals surface area (Å²) in [6, 6.07) is 7.97. The number of rotatable bonds is 3. The Hall–Kier alpha value is -1.81. The Balaban J connectivity index is 1.54. The van der Waals surface area contributed by atoms with E-state index in [1.165, 1.54) is 0 Å². The number of alkyl halides is 3. The molecule has 2 aliphatic rings. The summed E-state index contributed by atoms with van der Waals surface area (Å²) < 4.78 is 43.8. The van der Waals surface area contributed by atoms with E-state index in [0.29, 0.717) is 37.1 Å². The summed E-state index contributed by atoms with van der Waals surface area (Å²) in [5, 5.41) is 5.66. The van der Waals surface area contributed by atoms with Crippen LogP contribution in [0.15, 0.2) is 36.5 Å². The third kappa shape index (κ3) is 4.09. The van der Waals surface area contributed by atoms with E-state index in [2.05, 4.69) is 28.2 Å². The van der Waals surface area contributed by atoms with Crippen molar-refractivity contribution in [1.29, 1.82) is 0 Å². The summed E-state index contributed by atoms with van der Waals surface area (Å²) in [5.41, 5.74) is -0.0652. The number of amides is 1. The number of benzene rings is 1. The van der Waals surface area contributed by atoms with Gasteiger partial charge in [-0.05, 0) is 30.2 Å². The van der Waals surface area contributed by atoms with Gasteiger partial charge >= 0.3 is 6.18 Å². The highest BCUT2D eigenvalue weighted by molar-refractivity contribution is 7.80. The van der Waals surface area contributed by atoms with Crippen LogP contribution in [0.3, 0.4) is 0 Å². The summed E-state index contributed by atoms with van der Waals surface area (Å²) in [6.07, 6.45) is -3.10.